The molecule has 2 aromatic rings. The second-order valence-corrected chi connectivity index (χ2v) is 8.90. The van der Waals surface area contributed by atoms with E-state index in [2.05, 4.69) is 22.3 Å². The number of amides is 1. The highest BCUT2D eigenvalue weighted by Crippen LogP contribution is 2.48. The van der Waals surface area contributed by atoms with Crippen molar-refractivity contribution in [2.45, 2.75) is 32.3 Å². The minimum Gasteiger partial charge on any atom is -0.482 e. The van der Waals surface area contributed by atoms with E-state index in [4.69, 9.17) is 9.47 Å². The van der Waals surface area contributed by atoms with E-state index in [9.17, 15) is 9.18 Å². The SMILES string of the molecule is CC1(C)OC(=C2C(=O)Nc3ccc(F)cc32)c2ccc(CCCN3CCOCC3)cc21. The first-order chi connectivity index (χ1) is 14.9. The van der Waals surface area contributed by atoms with Gasteiger partial charge >= 0.3 is 0 Å². The zero-order valence-corrected chi connectivity index (χ0v) is 18.0. The van der Waals surface area contributed by atoms with E-state index in [1.807, 2.05) is 19.9 Å². The van der Waals surface area contributed by atoms with E-state index in [-0.39, 0.29) is 11.7 Å². The molecule has 0 unspecified atom stereocenters. The van der Waals surface area contributed by atoms with Crippen LogP contribution in [0, 0.1) is 5.82 Å². The summed E-state index contributed by atoms with van der Waals surface area (Å²) in [7, 11) is 0. The summed E-state index contributed by atoms with van der Waals surface area (Å²) in [6.45, 7) is 8.74. The summed E-state index contributed by atoms with van der Waals surface area (Å²) in [6, 6.07) is 10.7. The van der Waals surface area contributed by atoms with E-state index in [1.54, 1.807) is 6.07 Å². The summed E-state index contributed by atoms with van der Waals surface area (Å²) in [5.74, 6) is -0.1000. The largest absolute Gasteiger partial charge is 0.482 e. The first-order valence-corrected chi connectivity index (χ1v) is 10.9. The number of nitrogens with one attached hydrogen (secondary N) is 1. The van der Waals surface area contributed by atoms with Crippen LogP contribution in [-0.2, 0) is 26.3 Å². The number of nitrogens with zero attached hydrogens (tertiary/aromatic N) is 1. The average Bonchev–Trinajstić information content (AvgIpc) is 3.20. The highest BCUT2D eigenvalue weighted by molar-refractivity contribution is 6.36. The van der Waals surface area contributed by atoms with Crippen LogP contribution in [0.3, 0.4) is 0 Å². The van der Waals surface area contributed by atoms with Crippen molar-refractivity contribution >= 4 is 22.9 Å². The second-order valence-electron chi connectivity index (χ2n) is 8.90. The van der Waals surface area contributed by atoms with Gasteiger partial charge in [-0.15, -0.1) is 0 Å². The van der Waals surface area contributed by atoms with E-state index in [1.165, 1.54) is 17.7 Å². The van der Waals surface area contributed by atoms with Gasteiger partial charge in [0.1, 0.15) is 17.2 Å². The smallest absolute Gasteiger partial charge is 0.260 e. The number of rotatable bonds is 4. The van der Waals surface area contributed by atoms with Crippen molar-refractivity contribution in [3.63, 3.8) is 0 Å². The van der Waals surface area contributed by atoms with Gasteiger partial charge in [-0.25, -0.2) is 4.39 Å². The molecule has 3 aliphatic heterocycles. The topological polar surface area (TPSA) is 50.8 Å². The molecular weight excluding hydrogens is 395 g/mol. The predicted octanol–water partition coefficient (Wildman–Crippen LogP) is 4.18. The molecule has 162 valence electrons. The molecule has 1 N–H and O–H groups in total. The summed E-state index contributed by atoms with van der Waals surface area (Å²) in [5, 5.41) is 2.82. The van der Waals surface area contributed by atoms with Crippen molar-refractivity contribution in [3.05, 3.63) is 64.5 Å². The lowest BCUT2D eigenvalue weighted by molar-refractivity contribution is -0.110. The molecule has 5 nitrogen and oxygen atoms in total. The third-order valence-electron chi connectivity index (χ3n) is 6.33. The number of hydrogen-bond donors (Lipinski definition) is 1. The minimum atomic E-state index is -0.561. The monoisotopic (exact) mass is 422 g/mol. The summed E-state index contributed by atoms with van der Waals surface area (Å²) in [5.41, 5.74) is 4.25. The van der Waals surface area contributed by atoms with Crippen molar-refractivity contribution in [1.82, 2.24) is 4.90 Å². The van der Waals surface area contributed by atoms with Crippen molar-refractivity contribution in [2.75, 3.05) is 38.2 Å². The number of carbonyl (C=O) groups is 1. The van der Waals surface area contributed by atoms with Crippen LogP contribution >= 0.6 is 0 Å². The molecule has 3 aliphatic rings. The Balaban J connectivity index is 1.43. The van der Waals surface area contributed by atoms with Gasteiger partial charge in [0.2, 0.25) is 0 Å². The number of anilines is 1. The van der Waals surface area contributed by atoms with E-state index < -0.39 is 5.60 Å². The third kappa shape index (κ3) is 3.75. The molecule has 31 heavy (non-hydrogen) atoms. The maximum absolute atomic E-state index is 13.9. The fourth-order valence-corrected chi connectivity index (χ4v) is 4.69. The number of aryl methyl sites for hydroxylation is 1. The Morgan fingerprint density at radius 2 is 1.90 bits per heavy atom. The van der Waals surface area contributed by atoms with E-state index in [0.717, 1.165) is 56.8 Å². The number of halogens is 1. The van der Waals surface area contributed by atoms with Gasteiger partial charge in [-0.05, 0) is 57.0 Å². The second kappa shape index (κ2) is 7.77. The molecule has 2 aromatic carbocycles. The Kier molecular flexibility index (Phi) is 5.07. The van der Waals surface area contributed by atoms with Crippen LogP contribution in [-0.4, -0.2) is 43.7 Å². The van der Waals surface area contributed by atoms with Gasteiger partial charge in [-0.3, -0.25) is 9.69 Å². The minimum absolute atomic E-state index is 0.256. The van der Waals surface area contributed by atoms with Crippen LogP contribution in [0.4, 0.5) is 10.1 Å². The van der Waals surface area contributed by atoms with Crippen molar-refractivity contribution in [3.8, 4) is 0 Å². The Hall–Kier alpha value is -2.70. The van der Waals surface area contributed by atoms with Crippen molar-refractivity contribution in [2.24, 2.45) is 0 Å². The molecule has 5 rings (SSSR count). The molecule has 1 amide bonds. The highest BCUT2D eigenvalue weighted by Gasteiger charge is 2.40. The Morgan fingerprint density at radius 1 is 1.10 bits per heavy atom. The molecule has 1 saturated heterocycles. The van der Waals surface area contributed by atoms with Gasteiger partial charge in [0.15, 0.2) is 0 Å². The lowest BCUT2D eigenvalue weighted by atomic mass is 9.91. The van der Waals surface area contributed by atoms with E-state index >= 15 is 0 Å². The number of fused-ring (bicyclic) bond motifs is 2. The summed E-state index contributed by atoms with van der Waals surface area (Å²) < 4.78 is 25.6. The summed E-state index contributed by atoms with van der Waals surface area (Å²) in [4.78, 5) is 15.2. The fraction of sp³-hybridized carbons (Fsp3) is 0.400. The quantitative estimate of drug-likeness (QED) is 0.752. The highest BCUT2D eigenvalue weighted by atomic mass is 19.1. The van der Waals surface area contributed by atoms with E-state index in [0.29, 0.717) is 22.6 Å². The lowest BCUT2D eigenvalue weighted by Crippen LogP contribution is -2.36. The summed E-state index contributed by atoms with van der Waals surface area (Å²) >= 11 is 0. The normalized spacial score (nSPS) is 22.1. The Labute approximate surface area is 181 Å². The number of morpholine rings is 1. The first kappa shape index (κ1) is 20.2. The average molecular weight is 423 g/mol. The van der Waals surface area contributed by atoms with Crippen molar-refractivity contribution in [1.29, 1.82) is 0 Å². The van der Waals surface area contributed by atoms with Crippen LogP contribution in [0.1, 0.15) is 42.5 Å². The molecule has 0 aliphatic carbocycles. The zero-order chi connectivity index (χ0) is 21.6. The zero-order valence-electron chi connectivity index (χ0n) is 18.0. The van der Waals surface area contributed by atoms with Gasteiger partial charge in [0.05, 0.1) is 18.8 Å². The number of ether oxygens (including phenoxy) is 2. The van der Waals surface area contributed by atoms with Gasteiger partial charge < -0.3 is 14.8 Å². The Bertz CT molecular complexity index is 1070. The molecular formula is C25H27FN2O3. The van der Waals surface area contributed by atoms with Gasteiger partial charge in [0.25, 0.3) is 5.91 Å². The maximum atomic E-state index is 13.9. The van der Waals surface area contributed by atoms with Crippen LogP contribution in [0.5, 0.6) is 0 Å². The molecule has 0 atom stereocenters. The molecule has 3 heterocycles. The number of carbonyl (C=O) groups excluding carboxylic acids is 1. The molecule has 6 heteroatoms. The maximum Gasteiger partial charge on any atom is 0.260 e. The lowest BCUT2D eigenvalue weighted by Gasteiger charge is -2.26. The molecule has 0 aromatic heterocycles. The third-order valence-corrected chi connectivity index (χ3v) is 6.33. The first-order valence-electron chi connectivity index (χ1n) is 10.9. The molecule has 0 bridgehead atoms. The molecule has 0 saturated carbocycles. The Morgan fingerprint density at radius 3 is 2.71 bits per heavy atom. The molecule has 1 fully saturated rings. The molecule has 0 radical (unpaired) electrons. The van der Waals surface area contributed by atoms with Crippen molar-refractivity contribution < 1.29 is 18.7 Å². The predicted molar refractivity (Wildman–Crippen MR) is 118 cm³/mol. The molecule has 0 spiro atoms. The van der Waals surface area contributed by atoms with Gasteiger partial charge in [-0.1, -0.05) is 18.2 Å². The summed E-state index contributed by atoms with van der Waals surface area (Å²) in [6.07, 6.45) is 2.07. The van der Waals surface area contributed by atoms with Gasteiger partial charge in [-0.2, -0.15) is 0 Å². The van der Waals surface area contributed by atoms with Crippen LogP contribution < -0.4 is 5.32 Å². The van der Waals surface area contributed by atoms with Gasteiger partial charge in [0, 0.05) is 35.5 Å². The number of hydrogen-bond acceptors (Lipinski definition) is 4. The standard InChI is InChI=1S/C25H27FN2O3/c1-25(2)20-14-16(4-3-9-28-10-12-30-13-11-28)5-7-18(20)23(31-25)22-19-15-17(26)6-8-21(19)27-24(22)29/h5-8,14-15H,3-4,9-13H2,1-2H3,(H,27,29). The fourth-order valence-electron chi connectivity index (χ4n) is 4.69. The van der Waals surface area contributed by atoms with Crippen LogP contribution in [0.25, 0.3) is 11.3 Å². The van der Waals surface area contributed by atoms with Crippen LogP contribution in [0.2, 0.25) is 0 Å². The number of benzene rings is 2. The van der Waals surface area contributed by atoms with Crippen LogP contribution in [0.15, 0.2) is 36.4 Å².